The highest BCUT2D eigenvalue weighted by atomic mass is 32.1. The van der Waals surface area contributed by atoms with E-state index >= 15 is 0 Å². The smallest absolute Gasteiger partial charge is 0.231 e. The summed E-state index contributed by atoms with van der Waals surface area (Å²) in [7, 11) is 0. The molecular weight excluding hydrogens is 384 g/mol. The summed E-state index contributed by atoms with van der Waals surface area (Å²) in [5.74, 6) is -0.603. The molecule has 0 spiro atoms. The van der Waals surface area contributed by atoms with Crippen LogP contribution in [0.2, 0.25) is 0 Å². The first-order valence-electron chi connectivity index (χ1n) is 9.63. The number of aromatic nitrogens is 2. The summed E-state index contributed by atoms with van der Waals surface area (Å²) in [6, 6.07) is 18.0. The molecular formula is C22H22N4O2S. The van der Waals surface area contributed by atoms with Gasteiger partial charge < -0.3 is 10.2 Å². The number of hydrogen-bond acceptors (Lipinski definition) is 5. The molecule has 6 nitrogen and oxygen atoms in total. The van der Waals surface area contributed by atoms with E-state index in [2.05, 4.69) is 27.6 Å². The van der Waals surface area contributed by atoms with Crippen molar-refractivity contribution in [2.75, 3.05) is 16.8 Å². The molecule has 7 heteroatoms. The van der Waals surface area contributed by atoms with Gasteiger partial charge in [-0.25, -0.2) is 0 Å². The number of nitrogens with zero attached hydrogens (tertiary/aromatic N) is 3. The third kappa shape index (κ3) is 4.68. The summed E-state index contributed by atoms with van der Waals surface area (Å²) in [4.78, 5) is 26.7. The lowest BCUT2D eigenvalue weighted by molar-refractivity contribution is -0.122. The summed E-state index contributed by atoms with van der Waals surface area (Å²) < 4.78 is 0. The Morgan fingerprint density at radius 2 is 1.86 bits per heavy atom. The Morgan fingerprint density at radius 1 is 1.10 bits per heavy atom. The summed E-state index contributed by atoms with van der Waals surface area (Å²) in [6.07, 6.45) is 1.87. The molecule has 1 saturated heterocycles. The molecule has 0 bridgehead atoms. The maximum atomic E-state index is 12.6. The van der Waals surface area contributed by atoms with Gasteiger partial charge >= 0.3 is 0 Å². The molecule has 1 fully saturated rings. The summed E-state index contributed by atoms with van der Waals surface area (Å²) in [5, 5.41) is 12.5. The molecule has 3 aromatic rings. The Morgan fingerprint density at radius 3 is 2.62 bits per heavy atom. The Bertz CT molecular complexity index is 1000. The average Bonchev–Trinajstić information content (AvgIpc) is 3.34. The maximum Gasteiger partial charge on any atom is 0.231 e. The second kappa shape index (κ2) is 8.53. The number of hydrogen-bond donors (Lipinski definition) is 1. The van der Waals surface area contributed by atoms with Gasteiger partial charge in [0.15, 0.2) is 0 Å². The number of carbonyl (C=O) groups is 2. The first kappa shape index (κ1) is 19.3. The Hall–Kier alpha value is -3.06. The second-order valence-electron chi connectivity index (χ2n) is 7.22. The summed E-state index contributed by atoms with van der Waals surface area (Å²) >= 11 is 1.39. The van der Waals surface area contributed by atoms with Crippen LogP contribution in [-0.2, 0) is 22.4 Å². The van der Waals surface area contributed by atoms with Gasteiger partial charge in [-0.1, -0.05) is 59.4 Å². The fraction of sp³-hybridized carbons (Fsp3) is 0.273. The van der Waals surface area contributed by atoms with Crippen LogP contribution in [0.15, 0.2) is 54.6 Å². The molecule has 148 valence electrons. The lowest BCUT2D eigenvalue weighted by Gasteiger charge is -2.16. The van der Waals surface area contributed by atoms with Gasteiger partial charge in [0.2, 0.25) is 16.9 Å². The lowest BCUT2D eigenvalue weighted by atomic mass is 10.1. The molecule has 1 aliphatic heterocycles. The molecule has 0 unspecified atom stereocenters. The van der Waals surface area contributed by atoms with E-state index in [4.69, 9.17) is 0 Å². The van der Waals surface area contributed by atoms with Gasteiger partial charge in [0, 0.05) is 25.1 Å². The summed E-state index contributed by atoms with van der Waals surface area (Å²) in [5.41, 5.74) is 3.21. The first-order valence-corrected chi connectivity index (χ1v) is 10.4. The lowest BCUT2D eigenvalue weighted by Crippen LogP contribution is -2.28. The van der Waals surface area contributed by atoms with Gasteiger partial charge in [0.25, 0.3) is 0 Å². The van der Waals surface area contributed by atoms with Crippen LogP contribution in [-0.4, -0.2) is 28.6 Å². The standard InChI is InChI=1S/C22H22N4O2S/c1-15-7-10-18(11-8-15)26-14-17(13-20(26)27)21(28)23-22-25-24-19(29-22)12-9-16-5-3-2-4-6-16/h2-8,10-11,17H,9,12-14H2,1H3,(H,23,25,28)/t17-/m0/s1. The second-order valence-corrected chi connectivity index (χ2v) is 8.28. The zero-order valence-corrected chi connectivity index (χ0v) is 17.0. The molecule has 1 N–H and O–H groups in total. The van der Waals surface area contributed by atoms with Crippen LogP contribution in [0.25, 0.3) is 0 Å². The topological polar surface area (TPSA) is 75.2 Å². The van der Waals surface area contributed by atoms with E-state index in [0.29, 0.717) is 11.7 Å². The van der Waals surface area contributed by atoms with Crippen LogP contribution in [0.3, 0.4) is 0 Å². The monoisotopic (exact) mass is 406 g/mol. The van der Waals surface area contributed by atoms with Crippen molar-refractivity contribution in [1.29, 1.82) is 0 Å². The third-order valence-corrected chi connectivity index (χ3v) is 5.91. The maximum absolute atomic E-state index is 12.6. The number of rotatable bonds is 6. The molecule has 1 atom stereocenters. The van der Waals surface area contributed by atoms with Crippen LogP contribution < -0.4 is 10.2 Å². The molecule has 1 aliphatic rings. The zero-order valence-electron chi connectivity index (χ0n) is 16.2. The number of benzene rings is 2. The molecule has 2 amide bonds. The van der Waals surface area contributed by atoms with E-state index in [-0.39, 0.29) is 24.2 Å². The average molecular weight is 407 g/mol. The van der Waals surface area contributed by atoms with Crippen LogP contribution in [0, 0.1) is 12.8 Å². The molecule has 29 heavy (non-hydrogen) atoms. The highest BCUT2D eigenvalue weighted by molar-refractivity contribution is 7.15. The molecule has 0 aliphatic carbocycles. The van der Waals surface area contributed by atoms with E-state index in [9.17, 15) is 9.59 Å². The van der Waals surface area contributed by atoms with E-state index in [1.54, 1.807) is 4.90 Å². The summed E-state index contributed by atoms with van der Waals surface area (Å²) in [6.45, 7) is 2.38. The Labute approximate surface area is 173 Å². The fourth-order valence-electron chi connectivity index (χ4n) is 3.37. The van der Waals surface area contributed by atoms with Crippen molar-refractivity contribution >= 4 is 34.0 Å². The van der Waals surface area contributed by atoms with Gasteiger partial charge in [-0.05, 0) is 31.0 Å². The Kier molecular flexibility index (Phi) is 5.67. The van der Waals surface area contributed by atoms with Crippen molar-refractivity contribution in [3.05, 3.63) is 70.7 Å². The van der Waals surface area contributed by atoms with E-state index in [0.717, 1.165) is 29.1 Å². The largest absolute Gasteiger partial charge is 0.312 e. The number of anilines is 2. The van der Waals surface area contributed by atoms with Crippen LogP contribution in [0.4, 0.5) is 10.8 Å². The van der Waals surface area contributed by atoms with Crippen LogP contribution in [0.5, 0.6) is 0 Å². The number of nitrogens with one attached hydrogen (secondary N) is 1. The predicted octanol–water partition coefficient (Wildman–Crippen LogP) is 3.62. The highest BCUT2D eigenvalue weighted by Crippen LogP contribution is 2.27. The minimum atomic E-state index is -0.388. The normalized spacial score (nSPS) is 16.2. The van der Waals surface area contributed by atoms with Gasteiger partial charge in [0.1, 0.15) is 5.01 Å². The number of amides is 2. The van der Waals surface area contributed by atoms with Crippen molar-refractivity contribution in [3.8, 4) is 0 Å². The van der Waals surface area contributed by atoms with E-state index in [1.165, 1.54) is 16.9 Å². The number of aryl methyl sites for hydroxylation is 3. The molecule has 1 aromatic heterocycles. The van der Waals surface area contributed by atoms with E-state index in [1.807, 2.05) is 49.4 Å². The van der Waals surface area contributed by atoms with Crippen molar-refractivity contribution in [2.45, 2.75) is 26.2 Å². The third-order valence-electron chi connectivity index (χ3n) is 5.01. The fourth-order valence-corrected chi connectivity index (χ4v) is 4.11. The number of carbonyl (C=O) groups excluding carboxylic acids is 2. The minimum absolute atomic E-state index is 0.0326. The molecule has 2 aromatic carbocycles. The highest BCUT2D eigenvalue weighted by Gasteiger charge is 2.35. The quantitative estimate of drug-likeness (QED) is 0.678. The van der Waals surface area contributed by atoms with Gasteiger partial charge in [-0.2, -0.15) is 0 Å². The van der Waals surface area contributed by atoms with Crippen LogP contribution >= 0.6 is 11.3 Å². The van der Waals surface area contributed by atoms with Crippen molar-refractivity contribution < 1.29 is 9.59 Å². The van der Waals surface area contributed by atoms with Gasteiger partial charge in [-0.15, -0.1) is 10.2 Å². The SMILES string of the molecule is Cc1ccc(N2C[C@@H](C(=O)Nc3nnc(CCc4ccccc4)s3)CC2=O)cc1. The van der Waals surface area contributed by atoms with Crippen molar-refractivity contribution in [1.82, 2.24) is 10.2 Å². The Balaban J connectivity index is 1.33. The predicted molar refractivity (Wildman–Crippen MR) is 114 cm³/mol. The van der Waals surface area contributed by atoms with Gasteiger partial charge in [0.05, 0.1) is 5.92 Å². The molecule has 4 rings (SSSR count). The van der Waals surface area contributed by atoms with E-state index < -0.39 is 0 Å². The molecule has 2 heterocycles. The van der Waals surface area contributed by atoms with Crippen molar-refractivity contribution in [3.63, 3.8) is 0 Å². The van der Waals surface area contributed by atoms with Gasteiger partial charge in [-0.3, -0.25) is 9.59 Å². The zero-order chi connectivity index (χ0) is 20.2. The first-order chi connectivity index (χ1) is 14.1. The molecule has 0 saturated carbocycles. The molecule has 0 radical (unpaired) electrons. The van der Waals surface area contributed by atoms with Crippen molar-refractivity contribution in [2.24, 2.45) is 5.92 Å². The van der Waals surface area contributed by atoms with Crippen LogP contribution in [0.1, 0.15) is 22.6 Å². The minimum Gasteiger partial charge on any atom is -0.312 e.